The van der Waals surface area contributed by atoms with Gasteiger partial charge < -0.3 is 18.8 Å². The zero-order chi connectivity index (χ0) is 19.8. The summed E-state index contributed by atoms with van der Waals surface area (Å²) < 4.78 is 11.8. The number of halogens is 1. The van der Waals surface area contributed by atoms with Crippen LogP contribution in [0.1, 0.15) is 10.4 Å². The number of aromatic nitrogens is 3. The Morgan fingerprint density at radius 2 is 1.69 bits per heavy atom. The van der Waals surface area contributed by atoms with E-state index < -0.39 is 5.91 Å². The molecule has 2 aliphatic rings. The zero-order valence-electron chi connectivity index (χ0n) is 14.7. The van der Waals surface area contributed by atoms with Gasteiger partial charge in [-0.05, 0) is 36.4 Å². The SMILES string of the molecule is O=C(N=Nc1ccc(Cl)cn1)c1cccc2oc3[nH]c4ccccc4[nH]c=3oc12. The molecule has 0 unspecified atom stereocenters. The molecule has 0 saturated heterocycles. The Bertz CT molecular complexity index is 1490. The highest BCUT2D eigenvalue weighted by molar-refractivity contribution is 6.30. The van der Waals surface area contributed by atoms with E-state index in [2.05, 4.69) is 25.2 Å². The summed E-state index contributed by atoms with van der Waals surface area (Å²) in [5.74, 6) is -0.320. The van der Waals surface area contributed by atoms with Gasteiger partial charge in [0.2, 0.25) is 0 Å². The number of azo groups is 1. The van der Waals surface area contributed by atoms with E-state index in [1.807, 2.05) is 24.3 Å². The van der Waals surface area contributed by atoms with Gasteiger partial charge in [-0.15, -0.1) is 10.2 Å². The van der Waals surface area contributed by atoms with Gasteiger partial charge >= 0.3 is 0 Å². The molecule has 1 aromatic heterocycles. The lowest BCUT2D eigenvalue weighted by Gasteiger charge is -2.04. The van der Waals surface area contributed by atoms with Crippen molar-refractivity contribution >= 4 is 45.5 Å². The summed E-state index contributed by atoms with van der Waals surface area (Å²) in [6.07, 6.45) is 1.43. The fourth-order valence-electron chi connectivity index (χ4n) is 2.86. The molecule has 3 heterocycles. The Morgan fingerprint density at radius 1 is 0.931 bits per heavy atom. The predicted molar refractivity (Wildman–Crippen MR) is 106 cm³/mol. The van der Waals surface area contributed by atoms with Gasteiger partial charge in [0.15, 0.2) is 17.0 Å². The number of amides is 1. The second-order valence-electron chi connectivity index (χ2n) is 6.13. The molecule has 0 spiro atoms. The van der Waals surface area contributed by atoms with Gasteiger partial charge in [0, 0.05) is 6.20 Å². The van der Waals surface area contributed by atoms with Gasteiger partial charge in [-0.2, -0.15) is 0 Å². The molecule has 0 saturated carbocycles. The van der Waals surface area contributed by atoms with Crippen molar-refractivity contribution in [3.05, 3.63) is 82.5 Å². The maximum atomic E-state index is 12.6. The number of nitrogens with zero attached hydrogens (tertiary/aromatic N) is 3. The van der Waals surface area contributed by atoms with E-state index >= 15 is 0 Å². The number of fused-ring (bicyclic) bond motifs is 2. The van der Waals surface area contributed by atoms with Gasteiger partial charge in [0.05, 0.1) is 21.6 Å². The molecule has 29 heavy (non-hydrogen) atoms. The van der Waals surface area contributed by atoms with Crippen molar-refractivity contribution in [2.45, 2.75) is 0 Å². The Kier molecular flexibility index (Phi) is 4.10. The fraction of sp³-hybridized carbons (Fsp3) is 0. The van der Waals surface area contributed by atoms with Crippen LogP contribution in [0, 0.1) is 11.1 Å². The van der Waals surface area contributed by atoms with Gasteiger partial charge in [-0.1, -0.05) is 29.8 Å². The summed E-state index contributed by atoms with van der Waals surface area (Å²) in [4.78, 5) is 22.9. The number of hydrogen-bond acceptors (Lipinski definition) is 5. The number of H-pyrrole nitrogens is 2. The third kappa shape index (κ3) is 3.26. The van der Waals surface area contributed by atoms with Crippen LogP contribution in [0.3, 0.4) is 0 Å². The average molecular weight is 406 g/mol. The first-order valence-corrected chi connectivity index (χ1v) is 8.99. The lowest BCUT2D eigenvalue weighted by atomic mass is 10.2. The molecule has 0 aliphatic carbocycles. The molecule has 1 amide bonds. The van der Waals surface area contributed by atoms with E-state index in [1.54, 1.807) is 30.3 Å². The molecule has 2 N–H and O–H groups in total. The number of aromatic amines is 2. The molecule has 0 atom stereocenters. The van der Waals surface area contributed by atoms with Crippen LogP contribution in [-0.2, 0) is 0 Å². The first kappa shape index (κ1) is 17.2. The van der Waals surface area contributed by atoms with E-state index in [0.717, 1.165) is 11.0 Å². The Labute approximate surface area is 167 Å². The van der Waals surface area contributed by atoms with Crippen molar-refractivity contribution in [1.82, 2.24) is 15.0 Å². The largest absolute Gasteiger partial charge is 0.432 e. The Hall–Kier alpha value is -3.91. The molecule has 3 aromatic rings. The maximum Gasteiger partial charge on any atom is 0.299 e. The maximum absolute atomic E-state index is 12.6. The smallest absolute Gasteiger partial charge is 0.299 e. The van der Waals surface area contributed by atoms with Crippen LogP contribution in [0.25, 0.3) is 22.2 Å². The average Bonchev–Trinajstić information content (AvgIpc) is 2.75. The van der Waals surface area contributed by atoms with Crippen LogP contribution in [0.2, 0.25) is 5.02 Å². The van der Waals surface area contributed by atoms with E-state index in [1.165, 1.54) is 6.20 Å². The molecule has 9 heteroatoms. The summed E-state index contributed by atoms with van der Waals surface area (Å²) in [7, 11) is 0. The Morgan fingerprint density at radius 3 is 2.41 bits per heavy atom. The molecule has 0 bridgehead atoms. The molecule has 0 fully saturated rings. The lowest BCUT2D eigenvalue weighted by Crippen LogP contribution is -1.97. The zero-order valence-corrected chi connectivity index (χ0v) is 15.5. The summed E-state index contributed by atoms with van der Waals surface area (Å²) in [6, 6.07) is 15.8. The number of nitrogens with one attached hydrogen (secondary N) is 2. The Balaban J connectivity index is 1.63. The third-order valence-corrected chi connectivity index (χ3v) is 4.43. The fourth-order valence-corrected chi connectivity index (χ4v) is 2.97. The lowest BCUT2D eigenvalue weighted by molar-refractivity contribution is 0.0995. The molecule has 8 nitrogen and oxygen atoms in total. The molecule has 2 aromatic carbocycles. The number of hydrogen-bond donors (Lipinski definition) is 2. The predicted octanol–water partition coefficient (Wildman–Crippen LogP) is 5.66. The minimum atomic E-state index is -0.588. The molecular formula is C20H12ClN5O3. The number of carbonyl (C=O) groups excluding carboxylic acids is 1. The van der Waals surface area contributed by atoms with Crippen LogP contribution in [0.5, 0.6) is 0 Å². The number of pyridine rings is 1. The van der Waals surface area contributed by atoms with E-state index in [-0.39, 0.29) is 17.0 Å². The van der Waals surface area contributed by atoms with E-state index in [4.69, 9.17) is 20.4 Å². The first-order valence-electron chi connectivity index (χ1n) is 8.61. The second kappa shape index (κ2) is 6.92. The normalized spacial score (nSPS) is 11.6. The van der Waals surface area contributed by atoms with Crippen molar-refractivity contribution < 1.29 is 13.6 Å². The minimum absolute atomic E-state index is 0.215. The van der Waals surface area contributed by atoms with Crippen LogP contribution in [0.4, 0.5) is 5.82 Å². The summed E-state index contributed by atoms with van der Waals surface area (Å²) in [5.41, 5.74) is 3.31. The van der Waals surface area contributed by atoms with Gasteiger partial charge in [0.1, 0.15) is 0 Å². The van der Waals surface area contributed by atoms with Gasteiger partial charge in [-0.25, -0.2) is 4.98 Å². The quantitative estimate of drug-likeness (QED) is 0.369. The summed E-state index contributed by atoms with van der Waals surface area (Å²) >= 11 is 5.79. The first-order chi connectivity index (χ1) is 14.2. The topological polar surface area (TPSA) is 113 Å². The summed E-state index contributed by atoms with van der Waals surface area (Å²) in [6.45, 7) is 0. The van der Waals surface area contributed by atoms with Crippen molar-refractivity contribution in [3.8, 4) is 0 Å². The van der Waals surface area contributed by atoms with Crippen molar-refractivity contribution in [2.24, 2.45) is 10.2 Å². The van der Waals surface area contributed by atoms with Crippen LogP contribution >= 0.6 is 11.6 Å². The minimum Gasteiger partial charge on any atom is -0.432 e. The second-order valence-corrected chi connectivity index (χ2v) is 6.57. The van der Waals surface area contributed by atoms with Crippen LogP contribution in [0.15, 0.2) is 79.9 Å². The number of benzene rings is 2. The molecular weight excluding hydrogens is 394 g/mol. The molecule has 5 rings (SSSR count). The standard InChI is InChI=1S/C20H12ClN5O3/c21-11-8-9-16(22-10-11)25-26-18(27)12-4-3-7-15-17(12)29-20-19(28-15)23-13-5-1-2-6-14(13)24-20/h1-10,23-24H. The highest BCUT2D eigenvalue weighted by Crippen LogP contribution is 2.22. The van der Waals surface area contributed by atoms with Gasteiger partial charge in [0.25, 0.3) is 17.0 Å². The van der Waals surface area contributed by atoms with Crippen LogP contribution < -0.4 is 0 Å². The third-order valence-electron chi connectivity index (χ3n) is 4.21. The van der Waals surface area contributed by atoms with Crippen molar-refractivity contribution in [3.63, 3.8) is 0 Å². The van der Waals surface area contributed by atoms with E-state index in [9.17, 15) is 4.79 Å². The number of carbonyl (C=O) groups is 1. The number of para-hydroxylation sites is 3. The molecule has 0 radical (unpaired) electrons. The number of rotatable bonds is 2. The summed E-state index contributed by atoms with van der Waals surface area (Å²) in [5, 5.41) is 8.06. The van der Waals surface area contributed by atoms with Crippen LogP contribution in [-0.4, -0.2) is 20.9 Å². The monoisotopic (exact) mass is 405 g/mol. The highest BCUT2D eigenvalue weighted by Gasteiger charge is 2.14. The highest BCUT2D eigenvalue weighted by atomic mass is 35.5. The molecule has 142 valence electrons. The molecule has 2 aliphatic heterocycles. The van der Waals surface area contributed by atoms with Crippen molar-refractivity contribution in [2.75, 3.05) is 0 Å². The van der Waals surface area contributed by atoms with E-state index in [0.29, 0.717) is 21.7 Å². The van der Waals surface area contributed by atoms with Crippen molar-refractivity contribution in [1.29, 1.82) is 0 Å². The van der Waals surface area contributed by atoms with Gasteiger partial charge in [-0.3, -0.25) is 4.79 Å².